The van der Waals surface area contributed by atoms with E-state index in [-0.39, 0.29) is 11.5 Å². The van der Waals surface area contributed by atoms with Crippen molar-refractivity contribution in [3.8, 4) is 23.8 Å². The van der Waals surface area contributed by atoms with Crippen LogP contribution in [0, 0.1) is 12.3 Å². The third kappa shape index (κ3) is 4.32. The molecule has 26 heavy (non-hydrogen) atoms. The Labute approximate surface area is 155 Å². The standard InChI is InChI=1S/C20H18N2O3S/c1-2-15(23)7-6-13-4-3-5-16(10-13)25-9-8-14-11-17(24)19-18(12-14)26-20(21)22-19/h1,3-5,10-12,24H,6-9H2,(H2,21,22). The molecule has 0 saturated heterocycles. The first-order valence-electron chi connectivity index (χ1n) is 8.14. The van der Waals surface area contributed by atoms with E-state index in [1.165, 1.54) is 11.3 Å². The van der Waals surface area contributed by atoms with Crippen molar-refractivity contribution < 1.29 is 14.6 Å². The van der Waals surface area contributed by atoms with E-state index in [1.807, 2.05) is 30.3 Å². The molecule has 132 valence electrons. The van der Waals surface area contributed by atoms with Gasteiger partial charge >= 0.3 is 0 Å². The Morgan fingerprint density at radius 1 is 1.27 bits per heavy atom. The third-order valence-electron chi connectivity index (χ3n) is 3.91. The zero-order valence-corrected chi connectivity index (χ0v) is 14.9. The van der Waals surface area contributed by atoms with Crippen LogP contribution >= 0.6 is 11.3 Å². The van der Waals surface area contributed by atoms with E-state index < -0.39 is 0 Å². The van der Waals surface area contributed by atoms with Gasteiger partial charge in [-0.15, -0.1) is 6.42 Å². The second-order valence-electron chi connectivity index (χ2n) is 5.83. The predicted octanol–water partition coefficient (Wildman–Crippen LogP) is 3.34. The molecule has 0 aliphatic heterocycles. The van der Waals surface area contributed by atoms with E-state index in [2.05, 4.69) is 10.9 Å². The molecule has 0 saturated carbocycles. The number of carbonyl (C=O) groups is 1. The van der Waals surface area contributed by atoms with E-state index in [9.17, 15) is 9.90 Å². The number of aromatic nitrogens is 1. The van der Waals surface area contributed by atoms with Crippen molar-refractivity contribution in [2.24, 2.45) is 0 Å². The topological polar surface area (TPSA) is 85.4 Å². The number of phenols is 1. The number of nitrogens with zero attached hydrogens (tertiary/aromatic N) is 1. The van der Waals surface area contributed by atoms with Gasteiger partial charge in [0.25, 0.3) is 0 Å². The van der Waals surface area contributed by atoms with Gasteiger partial charge in [-0.1, -0.05) is 23.5 Å². The molecule has 5 nitrogen and oxygen atoms in total. The van der Waals surface area contributed by atoms with Crippen LogP contribution in [0.25, 0.3) is 10.2 Å². The number of terminal acetylenes is 1. The molecule has 1 aromatic heterocycles. The number of rotatable bonds is 7. The largest absolute Gasteiger partial charge is 0.506 e. The number of carbonyl (C=O) groups excluding carboxylic acids is 1. The van der Waals surface area contributed by atoms with Crippen molar-refractivity contribution in [2.75, 3.05) is 12.3 Å². The number of benzene rings is 2. The van der Waals surface area contributed by atoms with Gasteiger partial charge in [0.15, 0.2) is 5.13 Å². The van der Waals surface area contributed by atoms with Crippen LogP contribution < -0.4 is 10.5 Å². The second-order valence-corrected chi connectivity index (χ2v) is 6.89. The first-order valence-corrected chi connectivity index (χ1v) is 8.96. The van der Waals surface area contributed by atoms with Gasteiger partial charge in [-0.25, -0.2) is 4.98 Å². The normalized spacial score (nSPS) is 10.6. The third-order valence-corrected chi connectivity index (χ3v) is 4.74. The Balaban J connectivity index is 1.59. The minimum Gasteiger partial charge on any atom is -0.506 e. The van der Waals surface area contributed by atoms with Crippen molar-refractivity contribution in [1.29, 1.82) is 0 Å². The molecule has 0 bridgehead atoms. The first kappa shape index (κ1) is 17.8. The van der Waals surface area contributed by atoms with Gasteiger partial charge in [0.1, 0.15) is 17.0 Å². The summed E-state index contributed by atoms with van der Waals surface area (Å²) in [6, 6.07) is 11.3. The Bertz CT molecular complexity index is 988. The van der Waals surface area contributed by atoms with Crippen LogP contribution in [0.5, 0.6) is 11.5 Å². The van der Waals surface area contributed by atoms with Crippen molar-refractivity contribution in [3.63, 3.8) is 0 Å². The molecule has 0 amide bonds. The molecule has 0 atom stereocenters. The predicted molar refractivity (Wildman–Crippen MR) is 103 cm³/mol. The maximum Gasteiger partial charge on any atom is 0.205 e. The molecule has 3 aromatic rings. The SMILES string of the molecule is C#CC(=O)CCc1cccc(OCCc2cc(O)c3nc(N)sc3c2)c1. The maximum atomic E-state index is 11.2. The number of aromatic hydroxyl groups is 1. The quantitative estimate of drug-likeness (QED) is 0.495. The number of phenolic OH excluding ortho intramolecular Hbond substituents is 1. The number of aryl methyl sites for hydroxylation is 1. The summed E-state index contributed by atoms with van der Waals surface area (Å²) in [4.78, 5) is 15.3. The summed E-state index contributed by atoms with van der Waals surface area (Å²) >= 11 is 1.35. The Hall–Kier alpha value is -3.04. The zero-order valence-electron chi connectivity index (χ0n) is 14.1. The van der Waals surface area contributed by atoms with E-state index in [0.29, 0.717) is 36.5 Å². The molecule has 2 aromatic carbocycles. The summed E-state index contributed by atoms with van der Waals surface area (Å²) < 4.78 is 6.66. The van der Waals surface area contributed by atoms with E-state index >= 15 is 0 Å². The van der Waals surface area contributed by atoms with E-state index in [1.54, 1.807) is 6.07 Å². The number of nitrogens with two attached hydrogens (primary N) is 1. The van der Waals surface area contributed by atoms with Gasteiger partial charge in [0, 0.05) is 12.8 Å². The van der Waals surface area contributed by atoms with Crippen LogP contribution in [-0.4, -0.2) is 22.5 Å². The van der Waals surface area contributed by atoms with Crippen molar-refractivity contribution >= 4 is 32.5 Å². The Morgan fingerprint density at radius 2 is 2.12 bits per heavy atom. The number of fused-ring (bicyclic) bond motifs is 1. The number of thiazole rings is 1. The molecule has 3 N–H and O–H groups in total. The fourth-order valence-corrected chi connectivity index (χ4v) is 3.46. The fourth-order valence-electron chi connectivity index (χ4n) is 2.64. The molecule has 0 radical (unpaired) electrons. The highest BCUT2D eigenvalue weighted by Gasteiger charge is 2.08. The highest BCUT2D eigenvalue weighted by Crippen LogP contribution is 2.32. The zero-order chi connectivity index (χ0) is 18.5. The second kappa shape index (κ2) is 7.89. The van der Waals surface area contributed by atoms with Crippen molar-refractivity contribution in [3.05, 3.63) is 47.5 Å². The summed E-state index contributed by atoms with van der Waals surface area (Å²) in [6.45, 7) is 0.464. The van der Waals surface area contributed by atoms with Gasteiger partial charge < -0.3 is 15.6 Å². The van der Waals surface area contributed by atoms with Crippen molar-refractivity contribution in [2.45, 2.75) is 19.3 Å². The number of ketones is 1. The van der Waals surface area contributed by atoms with Gasteiger partial charge in [-0.3, -0.25) is 4.79 Å². The number of hydrogen-bond donors (Lipinski definition) is 2. The van der Waals surface area contributed by atoms with Crippen LogP contribution in [0.2, 0.25) is 0 Å². The number of anilines is 1. The molecule has 1 heterocycles. The number of Topliss-reactive ketones (excluding diaryl/α,β-unsaturated/α-hetero) is 1. The van der Waals surface area contributed by atoms with Crippen LogP contribution in [-0.2, 0) is 17.6 Å². The van der Waals surface area contributed by atoms with Gasteiger partial charge in [0.2, 0.25) is 5.78 Å². The summed E-state index contributed by atoms with van der Waals surface area (Å²) in [5, 5.41) is 10.5. The average Bonchev–Trinajstić information content (AvgIpc) is 3.01. The Kier molecular flexibility index (Phi) is 5.40. The molecule has 0 fully saturated rings. The van der Waals surface area contributed by atoms with Crippen LogP contribution in [0.1, 0.15) is 17.5 Å². The summed E-state index contributed by atoms with van der Waals surface area (Å²) in [5.74, 6) is 2.79. The van der Waals surface area contributed by atoms with Gasteiger partial charge in [-0.05, 0) is 47.7 Å². The molecule has 0 spiro atoms. The minimum absolute atomic E-state index is 0.130. The summed E-state index contributed by atoms with van der Waals surface area (Å²) in [7, 11) is 0. The molecule has 0 unspecified atom stereocenters. The highest BCUT2D eigenvalue weighted by atomic mass is 32.1. The molecule has 0 aliphatic rings. The first-order chi connectivity index (χ1) is 12.5. The average molecular weight is 366 g/mol. The lowest BCUT2D eigenvalue weighted by molar-refractivity contribution is -0.113. The van der Waals surface area contributed by atoms with Crippen molar-refractivity contribution in [1.82, 2.24) is 4.98 Å². The molecular weight excluding hydrogens is 348 g/mol. The van der Waals surface area contributed by atoms with Gasteiger partial charge in [-0.2, -0.15) is 0 Å². The van der Waals surface area contributed by atoms with E-state index in [0.717, 1.165) is 21.6 Å². The molecule has 0 aliphatic carbocycles. The monoisotopic (exact) mass is 366 g/mol. The van der Waals surface area contributed by atoms with E-state index in [4.69, 9.17) is 16.9 Å². The molecule has 3 rings (SSSR count). The smallest absolute Gasteiger partial charge is 0.205 e. The Morgan fingerprint density at radius 3 is 2.92 bits per heavy atom. The lowest BCUT2D eigenvalue weighted by Gasteiger charge is -2.08. The summed E-state index contributed by atoms with van der Waals surface area (Å²) in [5.41, 5.74) is 8.18. The minimum atomic E-state index is -0.199. The fraction of sp³-hybridized carbons (Fsp3) is 0.200. The van der Waals surface area contributed by atoms with Crippen LogP contribution in [0.3, 0.4) is 0 Å². The maximum absolute atomic E-state index is 11.2. The van der Waals surface area contributed by atoms with Crippen LogP contribution in [0.15, 0.2) is 36.4 Å². The lowest BCUT2D eigenvalue weighted by Crippen LogP contribution is -2.02. The number of nitrogen functional groups attached to an aromatic ring is 1. The highest BCUT2D eigenvalue weighted by molar-refractivity contribution is 7.22. The number of hydrogen-bond acceptors (Lipinski definition) is 6. The molecular formula is C20H18N2O3S. The van der Waals surface area contributed by atoms with Crippen LogP contribution in [0.4, 0.5) is 5.13 Å². The molecule has 6 heteroatoms. The lowest BCUT2D eigenvalue weighted by atomic mass is 10.1. The summed E-state index contributed by atoms with van der Waals surface area (Å²) in [6.07, 6.45) is 6.65. The van der Waals surface area contributed by atoms with Gasteiger partial charge in [0.05, 0.1) is 11.3 Å². The number of ether oxygens (including phenoxy) is 1.